The largest absolute Gasteiger partial charge is 0.228 e. The summed E-state index contributed by atoms with van der Waals surface area (Å²) in [5.74, 6) is 0.716. The summed E-state index contributed by atoms with van der Waals surface area (Å²) in [6, 6.07) is 77.6. The lowest BCUT2D eigenvalue weighted by molar-refractivity contribution is 1.23. The fourth-order valence-electron chi connectivity index (χ4n) is 7.84. The Morgan fingerprint density at radius 2 is 0.714 bits per heavy atom. The van der Waals surface area contributed by atoms with Gasteiger partial charge in [-0.15, -0.1) is 0 Å². The lowest BCUT2D eigenvalue weighted by atomic mass is 9.94. The second-order valence-corrected chi connectivity index (χ2v) is 14.2. The summed E-state index contributed by atoms with van der Waals surface area (Å²) in [5, 5.41) is 3.38. The molecule has 1 aromatic heterocycles. The molecule has 0 unspecified atom stereocenters. The highest BCUT2D eigenvalue weighted by Gasteiger charge is 2.17. The number of aromatic nitrogens is 2. The first-order valence-electron chi connectivity index (χ1n) is 19.1. The molecule has 0 bridgehead atoms. The number of nitrogens with zero attached hydrogens (tertiary/aromatic N) is 2. The van der Waals surface area contributed by atoms with Crippen LogP contribution in [0.2, 0.25) is 0 Å². The van der Waals surface area contributed by atoms with Crippen LogP contribution >= 0.6 is 0 Å². The quantitative estimate of drug-likeness (QED) is 0.154. The van der Waals surface area contributed by atoms with Crippen LogP contribution in [0.3, 0.4) is 0 Å². The molecular formula is C54H36N2. The van der Waals surface area contributed by atoms with E-state index in [-0.39, 0.29) is 0 Å². The molecule has 0 amide bonds. The lowest BCUT2D eigenvalue weighted by Crippen LogP contribution is -1.97. The van der Waals surface area contributed by atoms with Crippen molar-refractivity contribution in [2.45, 2.75) is 0 Å². The highest BCUT2D eigenvalue weighted by molar-refractivity contribution is 6.12. The SMILES string of the molecule is c1ccc(-c2ccc(-c3cccc(-c4cccc(-c5ccc(-c6nc(-c7ccccc7-c7ccccc7)nc7ccc8ccccc8c67)cc5)c4)c3)cc2)cc1. The highest BCUT2D eigenvalue weighted by atomic mass is 14.9. The fraction of sp³-hybridized carbons (Fsp3) is 0. The molecule has 0 N–H and O–H groups in total. The first-order valence-corrected chi connectivity index (χ1v) is 19.1. The van der Waals surface area contributed by atoms with Crippen molar-refractivity contribution in [1.82, 2.24) is 9.97 Å². The third kappa shape index (κ3) is 6.34. The van der Waals surface area contributed by atoms with Crippen LogP contribution in [0.15, 0.2) is 218 Å². The predicted octanol–water partition coefficient (Wildman–Crippen LogP) is 14.5. The van der Waals surface area contributed by atoms with Gasteiger partial charge in [0.2, 0.25) is 0 Å². The molecule has 0 saturated heterocycles. The van der Waals surface area contributed by atoms with E-state index in [0.717, 1.165) is 49.8 Å². The number of hydrogen-bond acceptors (Lipinski definition) is 2. The molecule has 2 heteroatoms. The third-order valence-electron chi connectivity index (χ3n) is 10.7. The normalized spacial score (nSPS) is 11.2. The van der Waals surface area contributed by atoms with Gasteiger partial charge in [-0.1, -0.05) is 200 Å². The molecule has 0 fully saturated rings. The molecule has 9 aromatic carbocycles. The Morgan fingerprint density at radius 3 is 1.34 bits per heavy atom. The monoisotopic (exact) mass is 712 g/mol. The molecule has 1 heterocycles. The van der Waals surface area contributed by atoms with E-state index in [1.54, 1.807) is 0 Å². The van der Waals surface area contributed by atoms with E-state index in [4.69, 9.17) is 9.97 Å². The Balaban J connectivity index is 1.01. The van der Waals surface area contributed by atoms with E-state index in [0.29, 0.717) is 5.82 Å². The minimum Gasteiger partial charge on any atom is -0.228 e. The zero-order chi connectivity index (χ0) is 37.3. The van der Waals surface area contributed by atoms with Crippen molar-refractivity contribution in [1.29, 1.82) is 0 Å². The van der Waals surface area contributed by atoms with Crippen molar-refractivity contribution < 1.29 is 0 Å². The molecule has 0 atom stereocenters. The summed E-state index contributed by atoms with van der Waals surface area (Å²) >= 11 is 0. The topological polar surface area (TPSA) is 25.8 Å². The summed E-state index contributed by atoms with van der Waals surface area (Å²) in [6.07, 6.45) is 0. The first kappa shape index (κ1) is 33.2. The molecule has 0 saturated carbocycles. The van der Waals surface area contributed by atoms with Gasteiger partial charge in [0, 0.05) is 16.5 Å². The van der Waals surface area contributed by atoms with Crippen molar-refractivity contribution in [3.8, 4) is 78.3 Å². The van der Waals surface area contributed by atoms with Gasteiger partial charge in [-0.2, -0.15) is 0 Å². The van der Waals surface area contributed by atoms with Crippen LogP contribution in [-0.2, 0) is 0 Å². The van der Waals surface area contributed by atoms with Gasteiger partial charge in [0.05, 0.1) is 11.2 Å². The average molecular weight is 713 g/mol. The summed E-state index contributed by atoms with van der Waals surface area (Å²) in [6.45, 7) is 0. The van der Waals surface area contributed by atoms with Gasteiger partial charge in [0.25, 0.3) is 0 Å². The Bertz CT molecular complexity index is 2990. The van der Waals surface area contributed by atoms with Gasteiger partial charge in [-0.3, -0.25) is 0 Å². The van der Waals surface area contributed by atoms with E-state index < -0.39 is 0 Å². The van der Waals surface area contributed by atoms with E-state index in [9.17, 15) is 0 Å². The van der Waals surface area contributed by atoms with E-state index in [1.807, 2.05) is 6.07 Å². The predicted molar refractivity (Wildman–Crippen MR) is 235 cm³/mol. The first-order chi connectivity index (χ1) is 27.7. The van der Waals surface area contributed by atoms with Crippen LogP contribution in [0.5, 0.6) is 0 Å². The van der Waals surface area contributed by atoms with Gasteiger partial charge in [-0.05, 0) is 84.6 Å². The van der Waals surface area contributed by atoms with Crippen LogP contribution in [0.1, 0.15) is 0 Å². The molecule has 10 aromatic rings. The Kier molecular flexibility index (Phi) is 8.55. The van der Waals surface area contributed by atoms with E-state index >= 15 is 0 Å². The second kappa shape index (κ2) is 14.4. The van der Waals surface area contributed by atoms with Crippen LogP contribution in [-0.4, -0.2) is 9.97 Å². The van der Waals surface area contributed by atoms with Crippen LogP contribution in [0, 0.1) is 0 Å². The number of benzene rings is 9. The van der Waals surface area contributed by atoms with Gasteiger partial charge in [0.15, 0.2) is 5.82 Å². The zero-order valence-electron chi connectivity index (χ0n) is 30.7. The molecule has 0 spiro atoms. The van der Waals surface area contributed by atoms with Crippen molar-refractivity contribution >= 4 is 21.7 Å². The van der Waals surface area contributed by atoms with E-state index in [1.165, 1.54) is 44.3 Å². The summed E-state index contributed by atoms with van der Waals surface area (Å²) in [4.78, 5) is 10.6. The second-order valence-electron chi connectivity index (χ2n) is 14.2. The maximum absolute atomic E-state index is 5.38. The number of rotatable bonds is 7. The number of hydrogen-bond donors (Lipinski definition) is 0. The smallest absolute Gasteiger partial charge is 0.161 e. The third-order valence-corrected chi connectivity index (χ3v) is 10.7. The van der Waals surface area contributed by atoms with Crippen LogP contribution in [0.4, 0.5) is 0 Å². The molecule has 262 valence electrons. The maximum Gasteiger partial charge on any atom is 0.161 e. The van der Waals surface area contributed by atoms with Crippen LogP contribution in [0.25, 0.3) is 100.0 Å². The molecular weight excluding hydrogens is 677 g/mol. The fourth-order valence-corrected chi connectivity index (χ4v) is 7.84. The van der Waals surface area contributed by atoms with Crippen molar-refractivity contribution in [3.05, 3.63) is 218 Å². The van der Waals surface area contributed by atoms with Crippen LogP contribution < -0.4 is 0 Å². The minimum atomic E-state index is 0.716. The van der Waals surface area contributed by atoms with Gasteiger partial charge in [0.1, 0.15) is 0 Å². The minimum absolute atomic E-state index is 0.716. The molecule has 2 nitrogen and oxygen atoms in total. The van der Waals surface area contributed by atoms with Gasteiger partial charge in [-0.25, -0.2) is 9.97 Å². The standard InChI is InChI=1S/C54H36N2/c1-3-13-37(14-4-1)38-25-27-39(28-26-38)44-18-11-20-46(35-44)47-21-12-19-45(36-47)40-29-31-43(32-30-40)53-52-49-23-8-7-17-42(49)33-34-51(52)55-54(56-53)50-24-10-9-22-48(50)41-15-5-2-6-16-41/h1-36H. The van der Waals surface area contributed by atoms with Crippen molar-refractivity contribution in [2.75, 3.05) is 0 Å². The summed E-state index contributed by atoms with van der Waals surface area (Å²) in [7, 11) is 0. The number of fused-ring (bicyclic) bond motifs is 3. The molecule has 0 aliphatic carbocycles. The molecule has 10 rings (SSSR count). The van der Waals surface area contributed by atoms with Gasteiger partial charge >= 0.3 is 0 Å². The van der Waals surface area contributed by atoms with Crippen molar-refractivity contribution in [3.63, 3.8) is 0 Å². The zero-order valence-corrected chi connectivity index (χ0v) is 30.7. The Morgan fingerprint density at radius 1 is 0.268 bits per heavy atom. The molecule has 0 radical (unpaired) electrons. The summed E-state index contributed by atoms with van der Waals surface area (Å²) in [5.41, 5.74) is 15.7. The Labute approximate surface area is 327 Å². The highest BCUT2D eigenvalue weighted by Crippen LogP contribution is 2.38. The van der Waals surface area contributed by atoms with Gasteiger partial charge < -0.3 is 0 Å². The lowest BCUT2D eigenvalue weighted by Gasteiger charge is -2.14. The molecule has 0 aliphatic heterocycles. The molecule has 0 aliphatic rings. The summed E-state index contributed by atoms with van der Waals surface area (Å²) < 4.78 is 0. The van der Waals surface area contributed by atoms with E-state index in [2.05, 4.69) is 212 Å². The average Bonchev–Trinajstić information content (AvgIpc) is 3.29. The molecule has 56 heavy (non-hydrogen) atoms. The Hall–Kier alpha value is -7.42. The van der Waals surface area contributed by atoms with Crippen molar-refractivity contribution in [2.24, 2.45) is 0 Å². The maximum atomic E-state index is 5.38.